The number of rotatable bonds is 8. The first-order valence-corrected chi connectivity index (χ1v) is 8.58. The maximum atomic E-state index is 12.7. The highest BCUT2D eigenvalue weighted by Crippen LogP contribution is 2.19. The number of nitrogens with two attached hydrogens (primary N) is 1. The van der Waals surface area contributed by atoms with Gasteiger partial charge < -0.3 is 5.73 Å². The molecule has 2 N–H and O–H groups in total. The van der Waals surface area contributed by atoms with Crippen LogP contribution in [0.4, 0.5) is 0 Å². The van der Waals surface area contributed by atoms with E-state index >= 15 is 0 Å². The molecule has 1 rings (SSSR count). The minimum atomic E-state index is -3.48. The van der Waals surface area contributed by atoms with Crippen LogP contribution in [0.1, 0.15) is 26.3 Å². The molecule has 0 amide bonds. The molecule has 1 aromatic rings. The Morgan fingerprint density at radius 3 is 2.18 bits per heavy atom. The van der Waals surface area contributed by atoms with Crippen molar-refractivity contribution >= 4 is 22.6 Å². The van der Waals surface area contributed by atoms with E-state index in [-0.39, 0.29) is 17.8 Å². The lowest BCUT2D eigenvalue weighted by Gasteiger charge is -2.32. The highest BCUT2D eigenvalue weighted by molar-refractivity contribution is 7.86. The Labute approximate surface area is 141 Å². The minimum Gasteiger partial charge on any atom is -0.330 e. The SMILES string of the molecule is CCN(Cc1ccccc1)S(=O)(=O)N(C)CC(C)(C)CN.Cl. The molecule has 0 aliphatic carbocycles. The average Bonchev–Trinajstić information content (AvgIpc) is 2.45. The third-order valence-corrected chi connectivity index (χ3v) is 5.43. The van der Waals surface area contributed by atoms with Crippen LogP contribution in [-0.2, 0) is 16.8 Å². The molecule has 0 bridgehead atoms. The molecular formula is C15H28ClN3O2S. The third kappa shape index (κ3) is 5.85. The van der Waals surface area contributed by atoms with Crippen molar-refractivity contribution in [3.63, 3.8) is 0 Å². The standard InChI is InChI=1S/C15H27N3O2S.ClH/c1-5-18(11-14-9-7-6-8-10-14)21(19,20)17(4)13-15(2,3)12-16;/h6-10H,5,11-13,16H2,1-4H3;1H. The second kappa shape index (κ2) is 8.84. The lowest BCUT2D eigenvalue weighted by Crippen LogP contribution is -2.46. The van der Waals surface area contributed by atoms with Crippen LogP contribution in [0, 0.1) is 5.41 Å². The highest BCUT2D eigenvalue weighted by Gasteiger charge is 2.30. The van der Waals surface area contributed by atoms with Crippen molar-refractivity contribution in [1.29, 1.82) is 0 Å². The molecule has 5 nitrogen and oxygen atoms in total. The molecule has 0 fully saturated rings. The van der Waals surface area contributed by atoms with E-state index in [0.717, 1.165) is 5.56 Å². The zero-order valence-electron chi connectivity index (χ0n) is 13.8. The maximum Gasteiger partial charge on any atom is 0.282 e. The van der Waals surface area contributed by atoms with Gasteiger partial charge in [-0.15, -0.1) is 12.4 Å². The topological polar surface area (TPSA) is 66.6 Å². The fourth-order valence-corrected chi connectivity index (χ4v) is 3.63. The zero-order chi connectivity index (χ0) is 16.1. The van der Waals surface area contributed by atoms with Crippen LogP contribution in [-0.4, -0.2) is 43.7 Å². The molecule has 22 heavy (non-hydrogen) atoms. The molecule has 0 aliphatic heterocycles. The van der Waals surface area contributed by atoms with Crippen molar-refractivity contribution in [3.8, 4) is 0 Å². The van der Waals surface area contributed by atoms with Crippen LogP contribution in [0.15, 0.2) is 30.3 Å². The highest BCUT2D eigenvalue weighted by atomic mass is 35.5. The van der Waals surface area contributed by atoms with Crippen LogP contribution in [0.25, 0.3) is 0 Å². The fraction of sp³-hybridized carbons (Fsp3) is 0.600. The first kappa shape index (κ1) is 21.3. The number of halogens is 1. The average molecular weight is 350 g/mol. The van der Waals surface area contributed by atoms with Crippen molar-refractivity contribution in [2.24, 2.45) is 11.1 Å². The van der Waals surface area contributed by atoms with Gasteiger partial charge in [-0.2, -0.15) is 17.0 Å². The normalized spacial score (nSPS) is 12.5. The summed E-state index contributed by atoms with van der Waals surface area (Å²) >= 11 is 0. The van der Waals surface area contributed by atoms with E-state index < -0.39 is 10.2 Å². The molecule has 0 saturated heterocycles. The Bertz CT molecular complexity index is 535. The first-order chi connectivity index (χ1) is 9.73. The summed E-state index contributed by atoms with van der Waals surface area (Å²) in [6.45, 7) is 7.44. The van der Waals surface area contributed by atoms with E-state index in [4.69, 9.17) is 5.73 Å². The predicted octanol–water partition coefficient (Wildman–Crippen LogP) is 2.09. The van der Waals surface area contributed by atoms with Crippen molar-refractivity contribution in [2.75, 3.05) is 26.7 Å². The van der Waals surface area contributed by atoms with Gasteiger partial charge >= 0.3 is 0 Å². The van der Waals surface area contributed by atoms with Gasteiger partial charge in [0.2, 0.25) is 0 Å². The van der Waals surface area contributed by atoms with Crippen LogP contribution >= 0.6 is 12.4 Å². The van der Waals surface area contributed by atoms with Gasteiger partial charge in [-0.3, -0.25) is 0 Å². The Morgan fingerprint density at radius 1 is 1.18 bits per heavy atom. The van der Waals surface area contributed by atoms with Crippen LogP contribution < -0.4 is 5.73 Å². The maximum absolute atomic E-state index is 12.7. The second-order valence-corrected chi connectivity index (χ2v) is 8.08. The van der Waals surface area contributed by atoms with Gasteiger partial charge in [-0.1, -0.05) is 51.1 Å². The molecule has 1 aromatic carbocycles. The van der Waals surface area contributed by atoms with Gasteiger partial charge in [0.1, 0.15) is 0 Å². The number of benzene rings is 1. The van der Waals surface area contributed by atoms with E-state index in [1.54, 1.807) is 7.05 Å². The first-order valence-electron chi connectivity index (χ1n) is 7.18. The Kier molecular flexibility index (Phi) is 8.57. The number of hydrogen-bond donors (Lipinski definition) is 1. The summed E-state index contributed by atoms with van der Waals surface area (Å²) in [4.78, 5) is 0. The summed E-state index contributed by atoms with van der Waals surface area (Å²) in [7, 11) is -1.87. The monoisotopic (exact) mass is 349 g/mol. The quantitative estimate of drug-likeness (QED) is 0.781. The molecule has 0 aliphatic rings. The summed E-state index contributed by atoms with van der Waals surface area (Å²) in [5, 5.41) is 0. The minimum absolute atomic E-state index is 0. The molecule has 0 radical (unpaired) electrons. The molecule has 0 aromatic heterocycles. The van der Waals surface area contributed by atoms with Crippen molar-refractivity contribution in [2.45, 2.75) is 27.3 Å². The second-order valence-electron chi connectivity index (χ2n) is 6.04. The number of nitrogens with zero attached hydrogens (tertiary/aromatic N) is 2. The van der Waals surface area contributed by atoms with Gasteiger partial charge in [0.25, 0.3) is 10.2 Å². The summed E-state index contributed by atoms with van der Waals surface area (Å²) in [5.74, 6) is 0. The van der Waals surface area contributed by atoms with Crippen LogP contribution in [0.2, 0.25) is 0 Å². The summed E-state index contributed by atoms with van der Waals surface area (Å²) in [5.41, 5.74) is 6.43. The Morgan fingerprint density at radius 2 is 1.73 bits per heavy atom. The van der Waals surface area contributed by atoms with Crippen molar-refractivity contribution in [3.05, 3.63) is 35.9 Å². The van der Waals surface area contributed by atoms with E-state index in [0.29, 0.717) is 26.2 Å². The molecule has 0 saturated carbocycles. The molecule has 0 atom stereocenters. The van der Waals surface area contributed by atoms with Gasteiger partial charge in [0.15, 0.2) is 0 Å². The molecule has 0 heterocycles. The van der Waals surface area contributed by atoms with E-state index in [1.165, 1.54) is 8.61 Å². The zero-order valence-corrected chi connectivity index (χ0v) is 15.5. The lowest BCUT2D eigenvalue weighted by molar-refractivity contribution is 0.272. The summed E-state index contributed by atoms with van der Waals surface area (Å²) in [6.07, 6.45) is 0. The molecule has 7 heteroatoms. The van der Waals surface area contributed by atoms with Crippen molar-refractivity contribution < 1.29 is 8.42 Å². The Balaban J connectivity index is 0.00000441. The van der Waals surface area contributed by atoms with E-state index in [9.17, 15) is 8.42 Å². The van der Waals surface area contributed by atoms with Gasteiger partial charge in [-0.25, -0.2) is 0 Å². The summed E-state index contributed by atoms with van der Waals surface area (Å²) in [6, 6.07) is 9.61. The third-order valence-electron chi connectivity index (χ3n) is 3.48. The smallest absolute Gasteiger partial charge is 0.282 e. The molecule has 0 spiro atoms. The van der Waals surface area contributed by atoms with Crippen molar-refractivity contribution in [1.82, 2.24) is 8.61 Å². The lowest BCUT2D eigenvalue weighted by atomic mass is 9.94. The molecular weight excluding hydrogens is 322 g/mol. The van der Waals surface area contributed by atoms with Gasteiger partial charge in [0.05, 0.1) is 0 Å². The predicted molar refractivity (Wildman–Crippen MR) is 94.2 cm³/mol. The van der Waals surface area contributed by atoms with Crippen LogP contribution in [0.3, 0.4) is 0 Å². The summed E-state index contributed by atoms with van der Waals surface area (Å²) < 4.78 is 28.2. The van der Waals surface area contributed by atoms with Crippen LogP contribution in [0.5, 0.6) is 0 Å². The fourth-order valence-electron chi connectivity index (χ4n) is 2.09. The molecule has 128 valence electrons. The van der Waals surface area contributed by atoms with Gasteiger partial charge in [0, 0.05) is 26.7 Å². The van der Waals surface area contributed by atoms with E-state index in [1.807, 2.05) is 51.1 Å². The largest absolute Gasteiger partial charge is 0.330 e. The Hall–Kier alpha value is -0.660. The van der Waals surface area contributed by atoms with Gasteiger partial charge in [-0.05, 0) is 17.5 Å². The number of hydrogen-bond acceptors (Lipinski definition) is 3. The molecule has 0 unspecified atom stereocenters. The van der Waals surface area contributed by atoms with E-state index in [2.05, 4.69) is 0 Å².